The first-order valence-corrected chi connectivity index (χ1v) is 6.58. The summed E-state index contributed by atoms with van der Waals surface area (Å²) in [4.78, 5) is 8.50. The van der Waals surface area contributed by atoms with Crippen LogP contribution < -0.4 is 9.47 Å². The zero-order valence-electron chi connectivity index (χ0n) is 12.1. The predicted molar refractivity (Wildman–Crippen MR) is 71.3 cm³/mol. The van der Waals surface area contributed by atoms with E-state index in [2.05, 4.69) is 23.8 Å². The molecule has 1 heterocycles. The third-order valence-corrected chi connectivity index (χ3v) is 3.99. The van der Waals surface area contributed by atoms with Gasteiger partial charge in [-0.3, -0.25) is 0 Å². The summed E-state index contributed by atoms with van der Waals surface area (Å²) in [6.45, 7) is 4.45. The normalized spacial score (nSPS) is 20.9. The Labute approximate surface area is 114 Å². The van der Waals surface area contributed by atoms with Crippen LogP contribution in [-0.2, 0) is 5.60 Å². The van der Waals surface area contributed by atoms with Gasteiger partial charge in [0.05, 0.1) is 20.4 Å². The first kappa shape index (κ1) is 14.1. The van der Waals surface area contributed by atoms with Gasteiger partial charge in [0.2, 0.25) is 11.8 Å². The second-order valence-electron chi connectivity index (χ2n) is 5.97. The van der Waals surface area contributed by atoms with E-state index in [1.807, 2.05) is 0 Å². The summed E-state index contributed by atoms with van der Waals surface area (Å²) in [7, 11) is 3.06. The molecule has 1 aromatic heterocycles. The summed E-state index contributed by atoms with van der Waals surface area (Å²) in [6.07, 6.45) is 4.80. The maximum absolute atomic E-state index is 10.8. The third kappa shape index (κ3) is 2.81. The molecule has 0 unspecified atom stereocenters. The Morgan fingerprint density at radius 1 is 1.11 bits per heavy atom. The second kappa shape index (κ2) is 4.96. The molecule has 1 aliphatic rings. The molecule has 0 amide bonds. The molecular weight excluding hydrogens is 244 g/mol. The molecule has 0 aromatic carbocycles. The Bertz CT molecular complexity index is 450. The topological polar surface area (TPSA) is 64.5 Å². The average Bonchev–Trinajstić information content (AvgIpc) is 2.41. The molecule has 5 nitrogen and oxygen atoms in total. The highest BCUT2D eigenvalue weighted by Crippen LogP contribution is 2.46. The Morgan fingerprint density at radius 3 is 2.26 bits per heavy atom. The molecule has 0 atom stereocenters. The summed E-state index contributed by atoms with van der Waals surface area (Å²) in [5.74, 6) is 0.738. The van der Waals surface area contributed by atoms with E-state index in [0.29, 0.717) is 30.3 Å². The van der Waals surface area contributed by atoms with Crippen LogP contribution in [0.4, 0.5) is 0 Å². The maximum atomic E-state index is 10.8. The minimum atomic E-state index is -0.944. The molecule has 0 bridgehead atoms. The van der Waals surface area contributed by atoms with Crippen LogP contribution in [0.25, 0.3) is 0 Å². The first-order chi connectivity index (χ1) is 8.90. The summed E-state index contributed by atoms with van der Waals surface area (Å²) in [6, 6.07) is 0. The van der Waals surface area contributed by atoms with Gasteiger partial charge in [-0.15, -0.1) is 0 Å². The summed E-state index contributed by atoms with van der Waals surface area (Å²) in [5, 5.41) is 10.8. The molecule has 5 heteroatoms. The Hall–Kier alpha value is -1.36. The van der Waals surface area contributed by atoms with Crippen LogP contribution in [0.1, 0.15) is 45.2 Å². The van der Waals surface area contributed by atoms with Crippen LogP contribution in [-0.4, -0.2) is 29.3 Å². The lowest BCUT2D eigenvalue weighted by Crippen LogP contribution is -2.35. The zero-order chi connectivity index (χ0) is 14.1. The SMILES string of the molecule is COc1cnc(C2(O)CCC(C)(C)CC2)c(OC)n1. The van der Waals surface area contributed by atoms with Crippen molar-refractivity contribution in [2.24, 2.45) is 5.41 Å². The van der Waals surface area contributed by atoms with E-state index in [-0.39, 0.29) is 5.41 Å². The van der Waals surface area contributed by atoms with Gasteiger partial charge in [-0.2, -0.15) is 4.98 Å². The zero-order valence-corrected chi connectivity index (χ0v) is 12.1. The molecule has 1 aromatic rings. The van der Waals surface area contributed by atoms with E-state index in [4.69, 9.17) is 9.47 Å². The fourth-order valence-corrected chi connectivity index (χ4v) is 2.49. The lowest BCUT2D eigenvalue weighted by molar-refractivity contribution is -0.0361. The molecular formula is C14H22N2O3. The van der Waals surface area contributed by atoms with Gasteiger partial charge in [0.15, 0.2) is 0 Å². The van der Waals surface area contributed by atoms with Crippen molar-refractivity contribution < 1.29 is 14.6 Å². The maximum Gasteiger partial charge on any atom is 0.241 e. The Morgan fingerprint density at radius 2 is 1.74 bits per heavy atom. The van der Waals surface area contributed by atoms with Crippen LogP contribution >= 0.6 is 0 Å². The van der Waals surface area contributed by atoms with Crippen molar-refractivity contribution in [3.63, 3.8) is 0 Å². The minimum Gasteiger partial charge on any atom is -0.480 e. The predicted octanol–water partition coefficient (Wildman–Crippen LogP) is 2.28. The van der Waals surface area contributed by atoms with Gasteiger partial charge >= 0.3 is 0 Å². The highest BCUT2D eigenvalue weighted by atomic mass is 16.5. The molecule has 106 valence electrons. The van der Waals surface area contributed by atoms with Crippen molar-refractivity contribution in [1.29, 1.82) is 0 Å². The lowest BCUT2D eigenvalue weighted by Gasteiger charge is -2.39. The molecule has 1 aliphatic carbocycles. The van der Waals surface area contributed by atoms with Crippen molar-refractivity contribution in [2.45, 2.75) is 45.1 Å². The van der Waals surface area contributed by atoms with Crippen LogP contribution in [0, 0.1) is 5.41 Å². The smallest absolute Gasteiger partial charge is 0.241 e. The van der Waals surface area contributed by atoms with E-state index < -0.39 is 5.60 Å². The standard InChI is InChI=1S/C14H22N2O3/c1-13(2)5-7-14(17,8-6-13)11-12(19-4)16-10(18-3)9-15-11/h9,17H,5-8H2,1-4H3. The van der Waals surface area contributed by atoms with Gasteiger partial charge in [0.25, 0.3) is 0 Å². The van der Waals surface area contributed by atoms with Crippen LogP contribution in [0.5, 0.6) is 11.8 Å². The van der Waals surface area contributed by atoms with E-state index >= 15 is 0 Å². The second-order valence-corrected chi connectivity index (χ2v) is 5.97. The van der Waals surface area contributed by atoms with Crippen LogP contribution in [0.15, 0.2) is 6.20 Å². The summed E-state index contributed by atoms with van der Waals surface area (Å²) < 4.78 is 10.3. The van der Waals surface area contributed by atoms with E-state index in [9.17, 15) is 5.11 Å². The number of hydrogen-bond acceptors (Lipinski definition) is 5. The fourth-order valence-electron chi connectivity index (χ4n) is 2.49. The number of aliphatic hydroxyl groups is 1. The van der Waals surface area contributed by atoms with Gasteiger partial charge < -0.3 is 14.6 Å². The van der Waals surface area contributed by atoms with E-state index in [1.165, 1.54) is 20.4 Å². The lowest BCUT2D eigenvalue weighted by atomic mass is 9.70. The molecule has 1 fully saturated rings. The van der Waals surface area contributed by atoms with Gasteiger partial charge in [-0.05, 0) is 31.1 Å². The highest BCUT2D eigenvalue weighted by molar-refractivity contribution is 5.28. The molecule has 1 N–H and O–H groups in total. The highest BCUT2D eigenvalue weighted by Gasteiger charge is 2.41. The van der Waals surface area contributed by atoms with Crippen molar-refractivity contribution in [3.8, 4) is 11.8 Å². The van der Waals surface area contributed by atoms with Crippen LogP contribution in [0.2, 0.25) is 0 Å². The quantitative estimate of drug-likeness (QED) is 0.909. The van der Waals surface area contributed by atoms with Crippen LogP contribution in [0.3, 0.4) is 0 Å². The molecule has 0 radical (unpaired) electrons. The van der Waals surface area contributed by atoms with Gasteiger partial charge in [-0.25, -0.2) is 4.98 Å². The van der Waals surface area contributed by atoms with Gasteiger partial charge in [0, 0.05) is 0 Å². The van der Waals surface area contributed by atoms with Crippen molar-refractivity contribution in [3.05, 3.63) is 11.9 Å². The monoisotopic (exact) mass is 266 g/mol. The molecule has 19 heavy (non-hydrogen) atoms. The Kier molecular flexibility index (Phi) is 3.67. The molecule has 0 aliphatic heterocycles. The average molecular weight is 266 g/mol. The molecule has 2 rings (SSSR count). The molecule has 0 spiro atoms. The number of rotatable bonds is 3. The van der Waals surface area contributed by atoms with Crippen molar-refractivity contribution >= 4 is 0 Å². The Balaban J connectivity index is 2.31. The van der Waals surface area contributed by atoms with E-state index in [1.54, 1.807) is 0 Å². The first-order valence-electron chi connectivity index (χ1n) is 6.58. The number of hydrogen-bond donors (Lipinski definition) is 1. The largest absolute Gasteiger partial charge is 0.480 e. The van der Waals surface area contributed by atoms with E-state index in [0.717, 1.165) is 12.8 Å². The van der Waals surface area contributed by atoms with Crippen molar-refractivity contribution in [1.82, 2.24) is 9.97 Å². The molecule has 0 saturated heterocycles. The van der Waals surface area contributed by atoms with Gasteiger partial charge in [-0.1, -0.05) is 13.8 Å². The fraction of sp³-hybridized carbons (Fsp3) is 0.714. The number of aromatic nitrogens is 2. The van der Waals surface area contributed by atoms with Gasteiger partial charge in [0.1, 0.15) is 11.3 Å². The number of ether oxygens (including phenoxy) is 2. The minimum absolute atomic E-state index is 0.277. The third-order valence-electron chi connectivity index (χ3n) is 3.99. The summed E-state index contributed by atoms with van der Waals surface area (Å²) >= 11 is 0. The number of nitrogens with zero attached hydrogens (tertiary/aromatic N) is 2. The van der Waals surface area contributed by atoms with Crippen molar-refractivity contribution in [2.75, 3.05) is 14.2 Å². The molecule has 1 saturated carbocycles. The number of methoxy groups -OCH3 is 2. The summed E-state index contributed by atoms with van der Waals surface area (Å²) in [5.41, 5.74) is -0.147.